The average Bonchev–Trinajstić information content (AvgIpc) is 2.26. The van der Waals surface area contributed by atoms with Crippen LogP contribution in [0.2, 0.25) is 0 Å². The summed E-state index contributed by atoms with van der Waals surface area (Å²) in [5.74, 6) is -0.780. The fraction of sp³-hybridized carbons (Fsp3) is 0.800. The topological polar surface area (TPSA) is 69.6 Å². The van der Waals surface area contributed by atoms with Crippen molar-refractivity contribution in [2.24, 2.45) is 5.92 Å². The fourth-order valence-electron chi connectivity index (χ4n) is 1.75. The predicted molar refractivity (Wildman–Crippen MR) is 55.5 cm³/mol. The summed E-state index contributed by atoms with van der Waals surface area (Å²) in [6, 6.07) is 0. The van der Waals surface area contributed by atoms with Crippen molar-refractivity contribution in [3.63, 3.8) is 0 Å². The summed E-state index contributed by atoms with van der Waals surface area (Å²) in [5.41, 5.74) is 0. The Morgan fingerprint density at radius 2 is 2.27 bits per heavy atom. The zero-order valence-electron chi connectivity index (χ0n) is 9.03. The van der Waals surface area contributed by atoms with Crippen molar-refractivity contribution < 1.29 is 14.7 Å². The first-order valence-corrected chi connectivity index (χ1v) is 5.28. The molecule has 2 N–H and O–H groups in total. The van der Waals surface area contributed by atoms with E-state index in [2.05, 4.69) is 5.32 Å². The van der Waals surface area contributed by atoms with Crippen LogP contribution in [0.5, 0.6) is 0 Å². The van der Waals surface area contributed by atoms with Crippen LogP contribution >= 0.6 is 0 Å². The molecule has 86 valence electrons. The van der Waals surface area contributed by atoms with Gasteiger partial charge in [-0.05, 0) is 19.4 Å². The molecule has 0 aliphatic carbocycles. The molecular formula is C10H18N2O3. The van der Waals surface area contributed by atoms with Crippen molar-refractivity contribution in [3.05, 3.63) is 0 Å². The number of nitrogens with zero attached hydrogens (tertiary/aromatic N) is 1. The number of aliphatic carboxylic acids is 1. The van der Waals surface area contributed by atoms with Gasteiger partial charge in [0, 0.05) is 20.1 Å². The second-order valence-electron chi connectivity index (χ2n) is 3.95. The molecule has 1 aliphatic heterocycles. The van der Waals surface area contributed by atoms with Crippen LogP contribution in [0.3, 0.4) is 0 Å². The van der Waals surface area contributed by atoms with Gasteiger partial charge in [0.1, 0.15) is 0 Å². The van der Waals surface area contributed by atoms with Gasteiger partial charge >= 0.3 is 5.97 Å². The van der Waals surface area contributed by atoms with E-state index in [1.807, 2.05) is 0 Å². The molecule has 0 aromatic heterocycles. The van der Waals surface area contributed by atoms with Gasteiger partial charge < -0.3 is 15.3 Å². The highest BCUT2D eigenvalue weighted by Gasteiger charge is 2.23. The predicted octanol–water partition coefficient (Wildman–Crippen LogP) is -0.0809. The van der Waals surface area contributed by atoms with Crippen molar-refractivity contribution in [1.29, 1.82) is 0 Å². The summed E-state index contributed by atoms with van der Waals surface area (Å²) >= 11 is 0. The number of carboxylic acids is 1. The number of rotatable bonds is 4. The molecule has 1 rings (SSSR count). The molecule has 0 unspecified atom stereocenters. The van der Waals surface area contributed by atoms with Gasteiger partial charge in [0.05, 0.1) is 12.3 Å². The molecule has 1 saturated heterocycles. The molecule has 0 aromatic rings. The van der Waals surface area contributed by atoms with Crippen LogP contribution in [-0.4, -0.2) is 48.6 Å². The highest BCUT2D eigenvalue weighted by atomic mass is 16.4. The summed E-state index contributed by atoms with van der Waals surface area (Å²) in [6.45, 7) is 1.99. The van der Waals surface area contributed by atoms with Crippen LogP contribution in [0.15, 0.2) is 0 Å². The van der Waals surface area contributed by atoms with Crippen LogP contribution < -0.4 is 5.32 Å². The average molecular weight is 214 g/mol. The monoisotopic (exact) mass is 214 g/mol. The van der Waals surface area contributed by atoms with Gasteiger partial charge in [-0.1, -0.05) is 0 Å². The van der Waals surface area contributed by atoms with Crippen molar-refractivity contribution in [2.45, 2.75) is 19.3 Å². The normalized spacial score (nSPS) is 21.0. The second-order valence-corrected chi connectivity index (χ2v) is 3.95. The third kappa shape index (κ3) is 3.87. The molecule has 5 nitrogen and oxygen atoms in total. The summed E-state index contributed by atoms with van der Waals surface area (Å²) in [6.07, 6.45) is 1.94. The molecule has 0 radical (unpaired) electrons. The Labute approximate surface area is 89.4 Å². The third-order valence-corrected chi connectivity index (χ3v) is 2.68. The van der Waals surface area contributed by atoms with E-state index in [1.165, 1.54) is 4.90 Å². The summed E-state index contributed by atoms with van der Waals surface area (Å²) in [7, 11) is 1.67. The summed E-state index contributed by atoms with van der Waals surface area (Å²) < 4.78 is 0. The number of hydrogen-bond donors (Lipinski definition) is 2. The number of piperidine rings is 1. The Morgan fingerprint density at radius 1 is 1.53 bits per heavy atom. The van der Waals surface area contributed by atoms with E-state index in [0.717, 1.165) is 25.9 Å². The molecule has 1 aliphatic rings. The van der Waals surface area contributed by atoms with Crippen molar-refractivity contribution in [3.8, 4) is 0 Å². The van der Waals surface area contributed by atoms with Crippen molar-refractivity contribution in [1.82, 2.24) is 10.2 Å². The smallest absolute Gasteiger partial charge is 0.305 e. The van der Waals surface area contributed by atoms with E-state index < -0.39 is 5.97 Å². The van der Waals surface area contributed by atoms with Gasteiger partial charge in [-0.2, -0.15) is 0 Å². The summed E-state index contributed by atoms with van der Waals surface area (Å²) in [4.78, 5) is 23.7. The molecule has 0 spiro atoms. The SMILES string of the molecule is CN(CCC(=O)O)C(=O)[C@H]1CCCNC1. The van der Waals surface area contributed by atoms with E-state index in [4.69, 9.17) is 5.11 Å². The third-order valence-electron chi connectivity index (χ3n) is 2.68. The number of carbonyl (C=O) groups is 2. The van der Waals surface area contributed by atoms with Crippen LogP contribution in [0.1, 0.15) is 19.3 Å². The first-order chi connectivity index (χ1) is 7.11. The van der Waals surface area contributed by atoms with Crippen LogP contribution in [0.25, 0.3) is 0 Å². The first-order valence-electron chi connectivity index (χ1n) is 5.28. The number of amides is 1. The van der Waals surface area contributed by atoms with Crippen LogP contribution in [0, 0.1) is 5.92 Å². The van der Waals surface area contributed by atoms with E-state index in [1.54, 1.807) is 7.05 Å². The minimum atomic E-state index is -0.864. The molecule has 0 saturated carbocycles. The van der Waals surface area contributed by atoms with E-state index >= 15 is 0 Å². The number of carboxylic acid groups (broad SMARTS) is 1. The van der Waals surface area contributed by atoms with Gasteiger partial charge in [-0.15, -0.1) is 0 Å². The molecule has 1 amide bonds. The lowest BCUT2D eigenvalue weighted by molar-refractivity contribution is -0.139. The van der Waals surface area contributed by atoms with Crippen molar-refractivity contribution in [2.75, 3.05) is 26.7 Å². The standard InChI is InChI=1S/C10H18N2O3/c1-12(6-4-9(13)14)10(15)8-3-2-5-11-7-8/h8,11H,2-7H2,1H3,(H,13,14)/t8-/m0/s1. The van der Waals surface area contributed by atoms with Gasteiger partial charge in [-0.25, -0.2) is 0 Å². The van der Waals surface area contributed by atoms with E-state index in [-0.39, 0.29) is 18.2 Å². The number of carbonyl (C=O) groups excluding carboxylic acids is 1. The fourth-order valence-corrected chi connectivity index (χ4v) is 1.75. The second kappa shape index (κ2) is 5.70. The van der Waals surface area contributed by atoms with E-state index in [0.29, 0.717) is 6.54 Å². The quantitative estimate of drug-likeness (QED) is 0.686. The Balaban J connectivity index is 2.33. The maximum Gasteiger partial charge on any atom is 0.305 e. The lowest BCUT2D eigenvalue weighted by atomic mass is 9.98. The Morgan fingerprint density at radius 3 is 2.80 bits per heavy atom. The van der Waals surface area contributed by atoms with Crippen LogP contribution in [0.4, 0.5) is 0 Å². The van der Waals surface area contributed by atoms with Gasteiger partial charge in [0.25, 0.3) is 0 Å². The first kappa shape index (κ1) is 12.0. The van der Waals surface area contributed by atoms with Gasteiger partial charge in [0.2, 0.25) is 5.91 Å². The Hall–Kier alpha value is -1.10. The zero-order valence-corrected chi connectivity index (χ0v) is 9.03. The molecule has 1 fully saturated rings. The highest BCUT2D eigenvalue weighted by Crippen LogP contribution is 2.12. The lowest BCUT2D eigenvalue weighted by Crippen LogP contribution is -2.42. The van der Waals surface area contributed by atoms with Gasteiger partial charge in [0.15, 0.2) is 0 Å². The molecule has 5 heteroatoms. The minimum absolute atomic E-state index is 0.0163. The van der Waals surface area contributed by atoms with Gasteiger partial charge in [-0.3, -0.25) is 9.59 Å². The number of hydrogen-bond acceptors (Lipinski definition) is 3. The maximum atomic E-state index is 11.8. The zero-order chi connectivity index (χ0) is 11.3. The minimum Gasteiger partial charge on any atom is -0.481 e. The molecule has 1 atom stereocenters. The largest absolute Gasteiger partial charge is 0.481 e. The Kier molecular flexibility index (Phi) is 4.55. The molecule has 1 heterocycles. The molecule has 0 bridgehead atoms. The number of nitrogens with one attached hydrogen (secondary N) is 1. The highest BCUT2D eigenvalue weighted by molar-refractivity contribution is 5.79. The van der Waals surface area contributed by atoms with Crippen molar-refractivity contribution >= 4 is 11.9 Å². The Bertz CT molecular complexity index is 237. The molecule has 15 heavy (non-hydrogen) atoms. The lowest BCUT2D eigenvalue weighted by Gasteiger charge is -2.26. The van der Waals surface area contributed by atoms with E-state index in [9.17, 15) is 9.59 Å². The molecular weight excluding hydrogens is 196 g/mol. The van der Waals surface area contributed by atoms with Crippen LogP contribution in [-0.2, 0) is 9.59 Å². The summed E-state index contributed by atoms with van der Waals surface area (Å²) in [5, 5.41) is 11.7. The molecule has 0 aromatic carbocycles. The maximum absolute atomic E-state index is 11.8.